The van der Waals surface area contributed by atoms with E-state index >= 15 is 0 Å². The van der Waals surface area contributed by atoms with Gasteiger partial charge in [-0.1, -0.05) is 55.1 Å². The van der Waals surface area contributed by atoms with Crippen LogP contribution >= 0.6 is 0 Å². The average Bonchev–Trinajstić information content (AvgIpc) is 3.00. The molecule has 0 aliphatic carbocycles. The minimum Gasteiger partial charge on any atom is -0.379 e. The Morgan fingerprint density at radius 1 is 1.03 bits per heavy atom. The van der Waals surface area contributed by atoms with Crippen molar-refractivity contribution in [2.75, 3.05) is 39.4 Å². The van der Waals surface area contributed by atoms with E-state index in [2.05, 4.69) is 16.8 Å². The van der Waals surface area contributed by atoms with Crippen molar-refractivity contribution in [2.24, 2.45) is 0 Å². The fourth-order valence-electron chi connectivity index (χ4n) is 3.85. The lowest BCUT2D eigenvalue weighted by Crippen LogP contribution is -2.45. The zero-order valence-corrected chi connectivity index (χ0v) is 16.3. The van der Waals surface area contributed by atoms with E-state index in [-0.39, 0.29) is 24.4 Å². The molecule has 2 aromatic rings. The second-order valence-corrected chi connectivity index (χ2v) is 7.33. The maximum Gasteiger partial charge on any atom is 0.259 e. The summed E-state index contributed by atoms with van der Waals surface area (Å²) in [6.45, 7) is 7.77. The second kappa shape index (κ2) is 8.59. The van der Waals surface area contributed by atoms with Gasteiger partial charge in [-0.15, -0.1) is 0 Å². The Kier molecular flexibility index (Phi) is 5.74. The standard InChI is InChI=1S/C23H25N3O3/c1-17-19-9-5-6-10-20(19)23(28)26(17)16-22(27)24-21(18-7-3-2-4-8-18)15-25-11-13-29-14-12-25/h2-10,21H,1,11-16H2,(H,24,27)/t21-/m0/s1. The Morgan fingerprint density at radius 3 is 2.38 bits per heavy atom. The molecule has 2 aliphatic rings. The topological polar surface area (TPSA) is 61.9 Å². The average molecular weight is 391 g/mol. The lowest BCUT2D eigenvalue weighted by atomic mass is 10.1. The number of benzene rings is 2. The molecule has 0 radical (unpaired) electrons. The molecular weight excluding hydrogens is 366 g/mol. The van der Waals surface area contributed by atoms with Gasteiger partial charge in [0.1, 0.15) is 6.54 Å². The van der Waals surface area contributed by atoms with Crippen molar-refractivity contribution in [1.29, 1.82) is 0 Å². The summed E-state index contributed by atoms with van der Waals surface area (Å²) in [5.41, 5.74) is 3.00. The highest BCUT2D eigenvalue weighted by Gasteiger charge is 2.32. The van der Waals surface area contributed by atoms with Gasteiger partial charge in [0.2, 0.25) is 5.91 Å². The van der Waals surface area contributed by atoms with Crippen LogP contribution in [0.15, 0.2) is 61.2 Å². The molecule has 0 saturated carbocycles. The van der Waals surface area contributed by atoms with Crippen LogP contribution in [0.25, 0.3) is 5.70 Å². The molecule has 6 nitrogen and oxygen atoms in total. The predicted molar refractivity (Wildman–Crippen MR) is 111 cm³/mol. The van der Waals surface area contributed by atoms with Gasteiger partial charge in [0.25, 0.3) is 5.91 Å². The third-order valence-electron chi connectivity index (χ3n) is 5.42. The maximum atomic E-state index is 12.9. The third kappa shape index (κ3) is 4.23. The van der Waals surface area contributed by atoms with Crippen LogP contribution in [0.2, 0.25) is 0 Å². The highest BCUT2D eigenvalue weighted by atomic mass is 16.5. The molecule has 29 heavy (non-hydrogen) atoms. The molecule has 4 rings (SSSR count). The summed E-state index contributed by atoms with van der Waals surface area (Å²) >= 11 is 0. The molecule has 150 valence electrons. The first-order chi connectivity index (χ1) is 14.1. The normalized spacial score (nSPS) is 17.9. The lowest BCUT2D eigenvalue weighted by Gasteiger charge is -2.31. The Morgan fingerprint density at radius 2 is 1.69 bits per heavy atom. The van der Waals surface area contributed by atoms with Gasteiger partial charge >= 0.3 is 0 Å². The first-order valence-electron chi connectivity index (χ1n) is 9.88. The molecule has 2 amide bonds. The van der Waals surface area contributed by atoms with Crippen LogP contribution in [0.3, 0.4) is 0 Å². The van der Waals surface area contributed by atoms with Crippen molar-refractivity contribution in [1.82, 2.24) is 15.1 Å². The summed E-state index contributed by atoms with van der Waals surface area (Å²) in [5.74, 6) is -0.375. The van der Waals surface area contributed by atoms with Crippen molar-refractivity contribution >= 4 is 17.5 Å². The van der Waals surface area contributed by atoms with E-state index in [4.69, 9.17) is 4.74 Å². The van der Waals surface area contributed by atoms with Crippen molar-refractivity contribution in [3.05, 3.63) is 77.9 Å². The molecule has 6 heteroatoms. The summed E-state index contributed by atoms with van der Waals surface area (Å²) in [4.78, 5) is 29.3. The highest BCUT2D eigenvalue weighted by Crippen LogP contribution is 2.30. The van der Waals surface area contributed by atoms with Crippen LogP contribution in [0.4, 0.5) is 0 Å². The molecular formula is C23H25N3O3. The fraction of sp³-hybridized carbons (Fsp3) is 0.304. The summed E-state index contributed by atoms with van der Waals surface area (Å²) in [5, 5.41) is 3.12. The number of ether oxygens (including phenoxy) is 1. The van der Waals surface area contributed by atoms with Crippen LogP contribution < -0.4 is 5.32 Å². The Bertz CT molecular complexity index is 872. The molecule has 0 unspecified atom stereocenters. The molecule has 0 spiro atoms. The van der Waals surface area contributed by atoms with E-state index in [1.807, 2.05) is 48.5 Å². The van der Waals surface area contributed by atoms with E-state index in [1.54, 1.807) is 6.07 Å². The number of carbonyl (C=O) groups excluding carboxylic acids is 2. The smallest absolute Gasteiger partial charge is 0.259 e. The van der Waals surface area contributed by atoms with Crippen LogP contribution in [0, 0.1) is 0 Å². The summed E-state index contributed by atoms with van der Waals surface area (Å²) in [7, 11) is 0. The Balaban J connectivity index is 1.45. The molecule has 1 atom stereocenters. The van der Waals surface area contributed by atoms with Gasteiger partial charge in [-0.25, -0.2) is 0 Å². The van der Waals surface area contributed by atoms with Crippen LogP contribution in [0.5, 0.6) is 0 Å². The van der Waals surface area contributed by atoms with E-state index in [0.29, 0.717) is 31.0 Å². The predicted octanol–water partition coefficient (Wildman–Crippen LogP) is 2.30. The van der Waals surface area contributed by atoms with E-state index in [1.165, 1.54) is 4.90 Å². The van der Waals surface area contributed by atoms with E-state index < -0.39 is 0 Å². The molecule has 0 bridgehead atoms. The van der Waals surface area contributed by atoms with Gasteiger partial charge in [-0.2, -0.15) is 0 Å². The number of nitrogens with zero attached hydrogens (tertiary/aromatic N) is 2. The number of morpholine rings is 1. The number of nitrogens with one attached hydrogen (secondary N) is 1. The maximum absolute atomic E-state index is 12.9. The van der Waals surface area contributed by atoms with Crippen LogP contribution in [-0.4, -0.2) is 61.0 Å². The molecule has 1 N–H and O–H groups in total. The van der Waals surface area contributed by atoms with Crippen molar-refractivity contribution in [2.45, 2.75) is 6.04 Å². The number of amides is 2. The van der Waals surface area contributed by atoms with E-state index in [9.17, 15) is 9.59 Å². The van der Waals surface area contributed by atoms with Crippen LogP contribution in [-0.2, 0) is 9.53 Å². The number of rotatable bonds is 6. The lowest BCUT2D eigenvalue weighted by molar-refractivity contribution is -0.122. The van der Waals surface area contributed by atoms with Crippen LogP contribution in [0.1, 0.15) is 27.5 Å². The summed E-state index contributed by atoms with van der Waals surface area (Å²) in [6.07, 6.45) is 0. The zero-order valence-electron chi connectivity index (χ0n) is 16.3. The second-order valence-electron chi connectivity index (χ2n) is 7.33. The first kappa shape index (κ1) is 19.4. The zero-order chi connectivity index (χ0) is 20.2. The van der Waals surface area contributed by atoms with Gasteiger partial charge in [0.15, 0.2) is 0 Å². The molecule has 1 fully saturated rings. The minimum atomic E-state index is -0.200. The quantitative estimate of drug-likeness (QED) is 0.821. The molecule has 0 aromatic heterocycles. The first-order valence-corrected chi connectivity index (χ1v) is 9.88. The van der Waals surface area contributed by atoms with Gasteiger partial charge in [-0.3, -0.25) is 19.4 Å². The third-order valence-corrected chi connectivity index (χ3v) is 5.42. The highest BCUT2D eigenvalue weighted by molar-refractivity contribution is 6.10. The summed E-state index contributed by atoms with van der Waals surface area (Å²) in [6, 6.07) is 17.1. The number of hydrogen-bond acceptors (Lipinski definition) is 4. The van der Waals surface area contributed by atoms with Crippen molar-refractivity contribution in [3.63, 3.8) is 0 Å². The monoisotopic (exact) mass is 391 g/mol. The largest absolute Gasteiger partial charge is 0.379 e. The Labute approximate surface area is 170 Å². The van der Waals surface area contributed by atoms with Gasteiger partial charge < -0.3 is 10.1 Å². The minimum absolute atomic E-state index is 0.0429. The molecule has 2 aromatic carbocycles. The van der Waals surface area contributed by atoms with Crippen molar-refractivity contribution in [3.8, 4) is 0 Å². The van der Waals surface area contributed by atoms with Gasteiger partial charge in [-0.05, 0) is 11.6 Å². The van der Waals surface area contributed by atoms with Crippen molar-refractivity contribution < 1.29 is 14.3 Å². The Hall–Kier alpha value is -2.96. The van der Waals surface area contributed by atoms with E-state index in [0.717, 1.165) is 24.2 Å². The number of hydrogen-bond donors (Lipinski definition) is 1. The number of carbonyl (C=O) groups is 2. The molecule has 2 heterocycles. The van der Waals surface area contributed by atoms with Gasteiger partial charge in [0.05, 0.1) is 19.3 Å². The number of fused-ring (bicyclic) bond motifs is 1. The fourth-order valence-corrected chi connectivity index (χ4v) is 3.85. The molecule has 2 aliphatic heterocycles. The van der Waals surface area contributed by atoms with Gasteiger partial charge in [0, 0.05) is 36.5 Å². The molecule has 1 saturated heterocycles. The summed E-state index contributed by atoms with van der Waals surface area (Å²) < 4.78 is 5.43. The SMILES string of the molecule is C=C1c2ccccc2C(=O)N1CC(=O)N[C@@H](CN1CCOCC1)c1ccccc1.